The van der Waals surface area contributed by atoms with E-state index in [1.807, 2.05) is 0 Å². The van der Waals surface area contributed by atoms with Gasteiger partial charge in [-0.2, -0.15) is 13.2 Å². The number of nitrogens with two attached hydrogens (primary N) is 1. The summed E-state index contributed by atoms with van der Waals surface area (Å²) in [6.07, 6.45) is -4.62. The first kappa shape index (κ1) is 19.6. The zero-order chi connectivity index (χ0) is 19.0. The van der Waals surface area contributed by atoms with Crippen LogP contribution in [0.5, 0.6) is 0 Å². The van der Waals surface area contributed by atoms with Crippen LogP contribution >= 0.6 is 0 Å². The Labute approximate surface area is 146 Å². The predicted octanol–water partition coefficient (Wildman–Crippen LogP) is 4.15. The fourth-order valence-corrected chi connectivity index (χ4v) is 3.26. The average Bonchev–Trinajstić information content (AvgIpc) is 2.46. The third-order valence-electron chi connectivity index (χ3n) is 4.36. The number of benzene rings is 1. The Kier molecular flexibility index (Phi) is 5.37. The maximum atomic E-state index is 13.4. The highest BCUT2D eigenvalue weighted by molar-refractivity contribution is 5.69. The van der Waals surface area contributed by atoms with Gasteiger partial charge in [0, 0.05) is 24.5 Å². The summed E-state index contributed by atoms with van der Waals surface area (Å²) in [6, 6.07) is 4.63. The molecule has 140 valence electrons. The minimum absolute atomic E-state index is 0.172. The number of piperidine rings is 1. The van der Waals surface area contributed by atoms with Crippen LogP contribution < -0.4 is 5.73 Å². The van der Waals surface area contributed by atoms with Gasteiger partial charge >= 0.3 is 12.3 Å². The van der Waals surface area contributed by atoms with Crippen LogP contribution in [0.4, 0.5) is 18.0 Å². The second-order valence-corrected chi connectivity index (χ2v) is 7.56. The van der Waals surface area contributed by atoms with Crippen LogP contribution in [0, 0.1) is 0 Å². The highest BCUT2D eigenvalue weighted by atomic mass is 19.4. The summed E-state index contributed by atoms with van der Waals surface area (Å²) in [7, 11) is 0. The molecule has 25 heavy (non-hydrogen) atoms. The number of nitrogens with zero attached hydrogens (tertiary/aromatic N) is 1. The number of likely N-dealkylation sites (tertiary alicyclic amines) is 1. The molecule has 0 radical (unpaired) electrons. The number of ether oxygens (including phenoxy) is 1. The van der Waals surface area contributed by atoms with Crippen LogP contribution in [-0.4, -0.2) is 35.2 Å². The Balaban J connectivity index is 2.35. The largest absolute Gasteiger partial charge is 0.444 e. The van der Waals surface area contributed by atoms with Crippen molar-refractivity contribution < 1.29 is 22.7 Å². The van der Waals surface area contributed by atoms with Crippen molar-refractivity contribution in [2.24, 2.45) is 5.73 Å². The lowest BCUT2D eigenvalue weighted by Gasteiger charge is -2.43. The van der Waals surface area contributed by atoms with E-state index in [0.29, 0.717) is 6.42 Å². The van der Waals surface area contributed by atoms with E-state index in [0.717, 1.165) is 6.07 Å². The van der Waals surface area contributed by atoms with Crippen LogP contribution in [0.15, 0.2) is 24.3 Å². The van der Waals surface area contributed by atoms with Crippen LogP contribution in [0.25, 0.3) is 0 Å². The minimum Gasteiger partial charge on any atom is -0.444 e. The van der Waals surface area contributed by atoms with Gasteiger partial charge in [0.25, 0.3) is 0 Å². The number of hydrogen-bond acceptors (Lipinski definition) is 3. The third kappa shape index (κ3) is 4.66. The number of alkyl halides is 3. The van der Waals surface area contributed by atoms with Crippen LogP contribution in [0.2, 0.25) is 0 Å². The summed E-state index contributed by atoms with van der Waals surface area (Å²) >= 11 is 0. The Hall–Kier alpha value is -1.76. The van der Waals surface area contributed by atoms with E-state index >= 15 is 0 Å². The summed E-state index contributed by atoms with van der Waals surface area (Å²) in [5.41, 5.74) is 4.86. The van der Waals surface area contributed by atoms with Crippen molar-refractivity contribution in [2.75, 3.05) is 6.54 Å². The summed E-state index contributed by atoms with van der Waals surface area (Å²) < 4.78 is 45.5. The standard InChI is InChI=1S/C18H25F3N2O2/c1-11-14(13-7-5-6-8-15(13)18(19,20)21)9-12(22)10-23(11)16(24)25-17(2,3)4/h5-8,11-12,14H,9-10,22H2,1-4H3. The number of carbonyl (C=O) groups excluding carboxylic acids is 1. The molecule has 1 amide bonds. The molecule has 0 aliphatic carbocycles. The van der Waals surface area contributed by atoms with E-state index < -0.39 is 41.4 Å². The first-order valence-corrected chi connectivity index (χ1v) is 8.31. The monoisotopic (exact) mass is 358 g/mol. The average molecular weight is 358 g/mol. The molecule has 1 aliphatic heterocycles. The van der Waals surface area contributed by atoms with Gasteiger partial charge in [-0.3, -0.25) is 0 Å². The van der Waals surface area contributed by atoms with Crippen molar-refractivity contribution in [1.82, 2.24) is 4.90 Å². The smallest absolute Gasteiger partial charge is 0.416 e. The highest BCUT2D eigenvalue weighted by Gasteiger charge is 2.41. The van der Waals surface area contributed by atoms with Crippen molar-refractivity contribution >= 4 is 6.09 Å². The molecular weight excluding hydrogens is 333 g/mol. The molecule has 1 saturated heterocycles. The number of hydrogen-bond donors (Lipinski definition) is 1. The summed E-state index contributed by atoms with van der Waals surface area (Å²) in [6.45, 7) is 7.25. The molecule has 0 saturated carbocycles. The predicted molar refractivity (Wildman–Crippen MR) is 89.2 cm³/mol. The van der Waals surface area contributed by atoms with Gasteiger partial charge in [-0.05, 0) is 45.7 Å². The molecule has 1 aromatic rings. The second kappa shape index (κ2) is 6.86. The van der Waals surface area contributed by atoms with Gasteiger partial charge in [0.15, 0.2) is 0 Å². The van der Waals surface area contributed by atoms with Crippen molar-refractivity contribution in [3.8, 4) is 0 Å². The number of rotatable bonds is 1. The van der Waals surface area contributed by atoms with Crippen molar-refractivity contribution in [2.45, 2.75) is 63.9 Å². The van der Waals surface area contributed by atoms with Gasteiger partial charge in [0.05, 0.1) is 5.56 Å². The lowest BCUT2D eigenvalue weighted by molar-refractivity contribution is -0.138. The molecule has 2 rings (SSSR count). The van der Waals surface area contributed by atoms with E-state index in [4.69, 9.17) is 10.5 Å². The quantitative estimate of drug-likeness (QED) is 0.821. The molecule has 1 heterocycles. The maximum Gasteiger partial charge on any atom is 0.416 e. The topological polar surface area (TPSA) is 55.6 Å². The van der Waals surface area contributed by atoms with Gasteiger partial charge in [0.2, 0.25) is 0 Å². The molecule has 2 N–H and O–H groups in total. The number of halogens is 3. The molecule has 1 aromatic carbocycles. The Morgan fingerprint density at radius 2 is 1.84 bits per heavy atom. The molecular formula is C18H25F3N2O2. The van der Waals surface area contributed by atoms with Gasteiger partial charge in [-0.15, -0.1) is 0 Å². The molecule has 3 atom stereocenters. The van der Waals surface area contributed by atoms with E-state index in [1.54, 1.807) is 33.8 Å². The Morgan fingerprint density at radius 3 is 2.40 bits per heavy atom. The maximum absolute atomic E-state index is 13.4. The fraction of sp³-hybridized carbons (Fsp3) is 0.611. The van der Waals surface area contributed by atoms with Crippen LogP contribution in [0.3, 0.4) is 0 Å². The molecule has 3 unspecified atom stereocenters. The van der Waals surface area contributed by atoms with E-state index in [2.05, 4.69) is 0 Å². The van der Waals surface area contributed by atoms with Crippen LogP contribution in [-0.2, 0) is 10.9 Å². The van der Waals surface area contributed by atoms with Crippen molar-refractivity contribution in [1.29, 1.82) is 0 Å². The fourth-order valence-electron chi connectivity index (χ4n) is 3.26. The van der Waals surface area contributed by atoms with Crippen molar-refractivity contribution in [3.05, 3.63) is 35.4 Å². The summed E-state index contributed by atoms with van der Waals surface area (Å²) in [5.74, 6) is -0.505. The summed E-state index contributed by atoms with van der Waals surface area (Å²) in [4.78, 5) is 13.9. The molecule has 1 fully saturated rings. The van der Waals surface area contributed by atoms with Crippen LogP contribution in [0.1, 0.15) is 51.2 Å². The molecule has 4 nitrogen and oxygen atoms in total. The molecule has 0 bridgehead atoms. The molecule has 7 heteroatoms. The highest BCUT2D eigenvalue weighted by Crippen LogP contribution is 2.40. The van der Waals surface area contributed by atoms with E-state index in [9.17, 15) is 18.0 Å². The zero-order valence-electron chi connectivity index (χ0n) is 14.9. The first-order valence-electron chi connectivity index (χ1n) is 8.31. The summed E-state index contributed by atoms with van der Waals surface area (Å²) in [5, 5.41) is 0. The van der Waals surface area contributed by atoms with E-state index in [-0.39, 0.29) is 12.1 Å². The van der Waals surface area contributed by atoms with Gasteiger partial charge in [0.1, 0.15) is 5.60 Å². The van der Waals surface area contributed by atoms with Gasteiger partial charge in [-0.1, -0.05) is 18.2 Å². The van der Waals surface area contributed by atoms with E-state index in [1.165, 1.54) is 17.0 Å². The zero-order valence-corrected chi connectivity index (χ0v) is 14.9. The molecule has 0 aromatic heterocycles. The first-order chi connectivity index (χ1) is 11.4. The normalized spacial score (nSPS) is 25.0. The lowest BCUT2D eigenvalue weighted by Crippen LogP contribution is -2.54. The second-order valence-electron chi connectivity index (χ2n) is 7.56. The number of carbonyl (C=O) groups is 1. The molecule has 1 aliphatic rings. The minimum atomic E-state index is -4.45. The Bertz CT molecular complexity index is 625. The Morgan fingerprint density at radius 1 is 1.24 bits per heavy atom. The van der Waals surface area contributed by atoms with Gasteiger partial charge in [-0.25, -0.2) is 4.79 Å². The lowest BCUT2D eigenvalue weighted by atomic mass is 9.80. The molecule has 0 spiro atoms. The third-order valence-corrected chi connectivity index (χ3v) is 4.36. The van der Waals surface area contributed by atoms with Gasteiger partial charge < -0.3 is 15.4 Å². The SMILES string of the molecule is CC1C(c2ccccc2C(F)(F)F)CC(N)CN1C(=O)OC(C)(C)C. The van der Waals surface area contributed by atoms with Crippen molar-refractivity contribution in [3.63, 3.8) is 0 Å². The number of amides is 1.